The molecule has 1 aromatic rings. The molecule has 18 heavy (non-hydrogen) atoms. The van der Waals surface area contributed by atoms with Gasteiger partial charge in [-0.2, -0.15) is 0 Å². The van der Waals surface area contributed by atoms with E-state index in [-0.39, 0.29) is 18.3 Å². The molecule has 0 saturated carbocycles. The molecule has 0 heterocycles. The van der Waals surface area contributed by atoms with Crippen LogP contribution >= 0.6 is 0 Å². The Morgan fingerprint density at radius 2 is 2.28 bits per heavy atom. The van der Waals surface area contributed by atoms with E-state index in [9.17, 15) is 9.90 Å². The Kier molecular flexibility index (Phi) is 3.44. The van der Waals surface area contributed by atoms with E-state index in [2.05, 4.69) is 13.0 Å². The molecule has 0 radical (unpaired) electrons. The normalized spacial score (nSPS) is 25.9. The first-order chi connectivity index (χ1) is 8.46. The molecule has 2 atom stereocenters. The van der Waals surface area contributed by atoms with Crippen LogP contribution in [0.2, 0.25) is 0 Å². The number of ether oxygens (including phenoxy) is 1. The SMILES string of the molecule is CCOC(=O)CC1(O)CC(C)c2ccc(C)cc21. The molecule has 3 heteroatoms. The van der Waals surface area contributed by atoms with Crippen molar-refractivity contribution in [2.75, 3.05) is 6.61 Å². The summed E-state index contributed by atoms with van der Waals surface area (Å²) in [7, 11) is 0. The van der Waals surface area contributed by atoms with Crippen LogP contribution in [0, 0.1) is 6.92 Å². The zero-order valence-corrected chi connectivity index (χ0v) is 11.2. The average Bonchev–Trinajstić information content (AvgIpc) is 2.50. The molecule has 0 aliphatic heterocycles. The predicted octanol–water partition coefficient (Wildman–Crippen LogP) is 2.64. The first kappa shape index (κ1) is 13.1. The highest BCUT2D eigenvalue weighted by Crippen LogP contribution is 2.46. The van der Waals surface area contributed by atoms with E-state index in [1.54, 1.807) is 6.92 Å². The summed E-state index contributed by atoms with van der Waals surface area (Å²) in [6.07, 6.45) is 0.631. The fraction of sp³-hybridized carbons (Fsp3) is 0.533. The number of aryl methyl sites for hydroxylation is 1. The summed E-state index contributed by atoms with van der Waals surface area (Å²) in [5.74, 6) is -0.0541. The summed E-state index contributed by atoms with van der Waals surface area (Å²) >= 11 is 0. The highest BCUT2D eigenvalue weighted by atomic mass is 16.5. The van der Waals surface area contributed by atoms with Gasteiger partial charge in [0.15, 0.2) is 0 Å². The second-order valence-electron chi connectivity index (χ2n) is 5.21. The van der Waals surface area contributed by atoms with Gasteiger partial charge in [-0.3, -0.25) is 4.79 Å². The number of carbonyl (C=O) groups is 1. The molecule has 3 nitrogen and oxygen atoms in total. The summed E-state index contributed by atoms with van der Waals surface area (Å²) in [6, 6.07) is 6.09. The van der Waals surface area contributed by atoms with Crippen LogP contribution < -0.4 is 0 Å². The zero-order chi connectivity index (χ0) is 13.3. The van der Waals surface area contributed by atoms with Crippen molar-refractivity contribution in [1.82, 2.24) is 0 Å². The van der Waals surface area contributed by atoms with E-state index in [1.807, 2.05) is 19.1 Å². The highest BCUT2D eigenvalue weighted by molar-refractivity contribution is 5.71. The van der Waals surface area contributed by atoms with E-state index in [1.165, 1.54) is 0 Å². The first-order valence-corrected chi connectivity index (χ1v) is 6.45. The number of hydrogen-bond donors (Lipinski definition) is 1. The Balaban J connectivity index is 2.31. The van der Waals surface area contributed by atoms with E-state index in [0.717, 1.165) is 16.7 Å². The van der Waals surface area contributed by atoms with Crippen molar-refractivity contribution < 1.29 is 14.6 Å². The summed E-state index contributed by atoms with van der Waals surface area (Å²) in [4.78, 5) is 11.6. The lowest BCUT2D eigenvalue weighted by molar-refractivity contribution is -0.149. The van der Waals surface area contributed by atoms with Gasteiger partial charge in [0.25, 0.3) is 0 Å². The van der Waals surface area contributed by atoms with E-state index >= 15 is 0 Å². The maximum Gasteiger partial charge on any atom is 0.309 e. The minimum Gasteiger partial charge on any atom is -0.466 e. The van der Waals surface area contributed by atoms with Gasteiger partial charge in [-0.25, -0.2) is 0 Å². The van der Waals surface area contributed by atoms with Gasteiger partial charge >= 0.3 is 5.97 Å². The number of hydrogen-bond acceptors (Lipinski definition) is 3. The molecule has 1 aliphatic rings. The maximum absolute atomic E-state index is 11.6. The largest absolute Gasteiger partial charge is 0.466 e. The van der Waals surface area contributed by atoms with Crippen molar-refractivity contribution in [2.45, 2.75) is 45.1 Å². The number of aliphatic hydroxyl groups is 1. The smallest absolute Gasteiger partial charge is 0.309 e. The molecule has 0 saturated heterocycles. The van der Waals surface area contributed by atoms with Crippen molar-refractivity contribution in [2.24, 2.45) is 0 Å². The molecular weight excluding hydrogens is 228 g/mol. The molecule has 1 N–H and O–H groups in total. The molecule has 0 fully saturated rings. The fourth-order valence-corrected chi connectivity index (χ4v) is 2.85. The van der Waals surface area contributed by atoms with Crippen molar-refractivity contribution in [3.05, 3.63) is 34.9 Å². The third kappa shape index (κ3) is 2.27. The Hall–Kier alpha value is -1.35. The second kappa shape index (κ2) is 4.73. The van der Waals surface area contributed by atoms with Gasteiger partial charge in [-0.15, -0.1) is 0 Å². The van der Waals surface area contributed by atoms with Crippen molar-refractivity contribution in [3.63, 3.8) is 0 Å². The lowest BCUT2D eigenvalue weighted by Gasteiger charge is -2.23. The van der Waals surface area contributed by atoms with Gasteiger partial charge in [-0.1, -0.05) is 30.7 Å². The van der Waals surface area contributed by atoms with Gasteiger partial charge in [-0.05, 0) is 37.3 Å². The zero-order valence-electron chi connectivity index (χ0n) is 11.2. The Labute approximate surface area is 108 Å². The monoisotopic (exact) mass is 248 g/mol. The van der Waals surface area contributed by atoms with Gasteiger partial charge in [0.2, 0.25) is 0 Å². The first-order valence-electron chi connectivity index (χ1n) is 6.45. The van der Waals surface area contributed by atoms with Crippen LogP contribution in [-0.4, -0.2) is 17.7 Å². The maximum atomic E-state index is 11.6. The van der Waals surface area contributed by atoms with Gasteiger partial charge in [0, 0.05) is 0 Å². The number of esters is 1. The minimum absolute atomic E-state index is 0.0433. The van der Waals surface area contributed by atoms with Crippen LogP contribution in [0.1, 0.15) is 49.3 Å². The number of rotatable bonds is 3. The molecule has 0 bridgehead atoms. The lowest BCUT2D eigenvalue weighted by atomic mass is 9.91. The minimum atomic E-state index is -1.06. The van der Waals surface area contributed by atoms with Crippen LogP contribution in [0.4, 0.5) is 0 Å². The number of benzene rings is 1. The summed E-state index contributed by atoms with van der Waals surface area (Å²) in [5.41, 5.74) is 2.08. The third-order valence-electron chi connectivity index (χ3n) is 3.63. The fourth-order valence-electron chi connectivity index (χ4n) is 2.85. The molecule has 98 valence electrons. The van der Waals surface area contributed by atoms with Gasteiger partial charge < -0.3 is 9.84 Å². The molecule has 0 spiro atoms. The molecule has 1 aromatic carbocycles. The van der Waals surface area contributed by atoms with Crippen LogP contribution in [-0.2, 0) is 15.1 Å². The Morgan fingerprint density at radius 1 is 1.56 bits per heavy atom. The summed E-state index contributed by atoms with van der Waals surface area (Å²) in [5, 5.41) is 10.7. The molecular formula is C15H20O3. The topological polar surface area (TPSA) is 46.5 Å². The molecule has 1 aliphatic carbocycles. The Bertz CT molecular complexity index is 467. The molecule has 0 aromatic heterocycles. The molecule has 2 rings (SSSR count). The molecule has 0 amide bonds. The third-order valence-corrected chi connectivity index (χ3v) is 3.63. The standard InChI is InChI=1S/C15H20O3/c1-4-18-14(16)9-15(17)8-11(3)12-6-5-10(2)7-13(12)15/h5-7,11,17H,4,8-9H2,1-3H3. The average molecular weight is 248 g/mol. The number of carbonyl (C=O) groups excluding carboxylic acids is 1. The lowest BCUT2D eigenvalue weighted by Crippen LogP contribution is -2.27. The van der Waals surface area contributed by atoms with Gasteiger partial charge in [0.1, 0.15) is 5.60 Å². The van der Waals surface area contributed by atoms with E-state index < -0.39 is 5.60 Å². The van der Waals surface area contributed by atoms with Crippen molar-refractivity contribution >= 4 is 5.97 Å². The number of fused-ring (bicyclic) bond motifs is 1. The summed E-state index contributed by atoms with van der Waals surface area (Å²) in [6.45, 7) is 6.20. The van der Waals surface area contributed by atoms with E-state index in [4.69, 9.17) is 4.74 Å². The van der Waals surface area contributed by atoms with E-state index in [0.29, 0.717) is 13.0 Å². The van der Waals surface area contributed by atoms with Crippen molar-refractivity contribution in [3.8, 4) is 0 Å². The second-order valence-corrected chi connectivity index (χ2v) is 5.21. The quantitative estimate of drug-likeness (QED) is 0.836. The Morgan fingerprint density at radius 3 is 2.94 bits per heavy atom. The molecule has 2 unspecified atom stereocenters. The van der Waals surface area contributed by atoms with Crippen LogP contribution in [0.25, 0.3) is 0 Å². The predicted molar refractivity (Wildman–Crippen MR) is 69.4 cm³/mol. The van der Waals surface area contributed by atoms with Gasteiger partial charge in [0.05, 0.1) is 13.0 Å². The van der Waals surface area contributed by atoms with Crippen LogP contribution in [0.3, 0.4) is 0 Å². The summed E-state index contributed by atoms with van der Waals surface area (Å²) < 4.78 is 4.95. The van der Waals surface area contributed by atoms with Crippen LogP contribution in [0.15, 0.2) is 18.2 Å². The highest BCUT2D eigenvalue weighted by Gasteiger charge is 2.42. The van der Waals surface area contributed by atoms with Crippen LogP contribution in [0.5, 0.6) is 0 Å². The van der Waals surface area contributed by atoms with Crippen molar-refractivity contribution in [1.29, 1.82) is 0 Å².